The van der Waals surface area contributed by atoms with Gasteiger partial charge in [0.05, 0.1) is 18.7 Å². The minimum Gasteiger partial charge on any atom is -0.545 e. The second-order valence-electron chi connectivity index (χ2n) is 8.14. The maximum Gasteiger partial charge on any atom is 0.119 e. The number of aromatic carboxylic acids is 1. The highest BCUT2D eigenvalue weighted by atomic mass is 16.5. The third kappa shape index (κ3) is 14.1. The van der Waals surface area contributed by atoms with Crippen LogP contribution in [-0.2, 0) is 0 Å². The van der Waals surface area contributed by atoms with Gasteiger partial charge >= 0.3 is 0 Å². The van der Waals surface area contributed by atoms with E-state index in [1.165, 1.54) is 76.3 Å². The van der Waals surface area contributed by atoms with Crippen LogP contribution in [0.4, 0.5) is 0 Å². The molecule has 4 heteroatoms. The molecule has 166 valence electrons. The fourth-order valence-electron chi connectivity index (χ4n) is 3.57. The summed E-state index contributed by atoms with van der Waals surface area (Å²) < 4.78 is 5.61. The summed E-state index contributed by atoms with van der Waals surface area (Å²) in [4.78, 5) is 10.8. The molecule has 29 heavy (non-hydrogen) atoms. The van der Waals surface area contributed by atoms with Gasteiger partial charge in [-0.3, -0.25) is 0 Å². The molecule has 0 heterocycles. The predicted octanol–water partition coefficient (Wildman–Crippen LogP) is 5.66. The second kappa shape index (κ2) is 17.3. The van der Waals surface area contributed by atoms with E-state index < -0.39 is 5.97 Å². The largest absolute Gasteiger partial charge is 0.545 e. The lowest BCUT2D eigenvalue weighted by molar-refractivity contribution is -0.255. The zero-order valence-electron chi connectivity index (χ0n) is 18.4. The van der Waals surface area contributed by atoms with Gasteiger partial charge in [0.1, 0.15) is 5.75 Å². The Labute approximate surface area is 177 Å². The molecule has 0 saturated heterocycles. The lowest BCUT2D eigenvalue weighted by Gasteiger charge is -2.10. The zero-order chi connectivity index (χ0) is 21.2. The Balaban J connectivity index is 1.85. The first-order chi connectivity index (χ1) is 14.1. The maximum atomic E-state index is 10.8. The summed E-state index contributed by atoms with van der Waals surface area (Å²) in [5.74, 6) is -0.577. The normalized spacial score (nSPS) is 12.1. The van der Waals surface area contributed by atoms with E-state index in [4.69, 9.17) is 4.74 Å². The van der Waals surface area contributed by atoms with Gasteiger partial charge < -0.3 is 19.7 Å². The standard InChI is InChI=1S/C25H42O4/c1-2-3-4-12-17-23(26)18-13-10-8-6-5-7-9-11-14-20-29-24-19-15-16-22(21-24)25(27)28/h15-16,19,21,23,26H,2-14,17-18,20H2,1H3,(H,27,28)/p-1. The van der Waals surface area contributed by atoms with Crippen LogP contribution in [0.1, 0.15) is 114 Å². The Morgan fingerprint density at radius 1 is 0.897 bits per heavy atom. The minimum absolute atomic E-state index is 0.0858. The van der Waals surface area contributed by atoms with Gasteiger partial charge in [-0.1, -0.05) is 96.1 Å². The number of benzene rings is 1. The highest BCUT2D eigenvalue weighted by molar-refractivity contribution is 5.86. The Kier molecular flexibility index (Phi) is 15.2. The SMILES string of the molecule is CCCCCCC(O)CCCCCCCCCCCOc1cccc(C(=O)[O-])c1. The quantitative estimate of drug-likeness (QED) is 0.301. The minimum atomic E-state index is -1.17. The summed E-state index contributed by atoms with van der Waals surface area (Å²) in [5.41, 5.74) is 0.156. The van der Waals surface area contributed by atoms with Crippen LogP contribution in [0, 0.1) is 0 Å². The number of aliphatic hydroxyl groups excluding tert-OH is 1. The topological polar surface area (TPSA) is 69.6 Å². The van der Waals surface area contributed by atoms with Crippen LogP contribution in [-0.4, -0.2) is 23.8 Å². The monoisotopic (exact) mass is 405 g/mol. The summed E-state index contributed by atoms with van der Waals surface area (Å²) in [6, 6.07) is 6.48. The summed E-state index contributed by atoms with van der Waals surface area (Å²) in [5, 5.41) is 20.8. The van der Waals surface area contributed by atoms with Crippen LogP contribution >= 0.6 is 0 Å². The molecule has 1 atom stereocenters. The van der Waals surface area contributed by atoms with Crippen LogP contribution in [0.5, 0.6) is 5.75 Å². The molecular formula is C25H41O4-. The molecule has 0 saturated carbocycles. The maximum absolute atomic E-state index is 10.8. The fraction of sp³-hybridized carbons (Fsp3) is 0.720. The highest BCUT2D eigenvalue weighted by Crippen LogP contribution is 2.15. The number of rotatable bonds is 19. The van der Waals surface area contributed by atoms with Gasteiger partial charge in [0, 0.05) is 5.56 Å². The van der Waals surface area contributed by atoms with Crippen molar-refractivity contribution in [2.75, 3.05) is 6.61 Å². The third-order valence-electron chi connectivity index (χ3n) is 5.41. The van der Waals surface area contributed by atoms with E-state index in [1.807, 2.05) is 0 Å². The van der Waals surface area contributed by atoms with Crippen LogP contribution in [0.25, 0.3) is 0 Å². The summed E-state index contributed by atoms with van der Waals surface area (Å²) in [6.07, 6.45) is 17.7. The number of ether oxygens (including phenoxy) is 1. The van der Waals surface area contributed by atoms with E-state index in [1.54, 1.807) is 12.1 Å². The number of hydrogen-bond donors (Lipinski definition) is 1. The Bertz CT molecular complexity index is 529. The van der Waals surface area contributed by atoms with Crippen LogP contribution < -0.4 is 9.84 Å². The molecule has 0 aliphatic rings. The van der Waals surface area contributed by atoms with Crippen molar-refractivity contribution in [2.24, 2.45) is 0 Å². The lowest BCUT2D eigenvalue weighted by atomic mass is 10.0. The van der Waals surface area contributed by atoms with Gasteiger partial charge in [-0.2, -0.15) is 0 Å². The zero-order valence-corrected chi connectivity index (χ0v) is 18.4. The number of aliphatic hydroxyl groups is 1. The van der Waals surface area contributed by atoms with E-state index in [-0.39, 0.29) is 11.7 Å². The van der Waals surface area contributed by atoms with Crippen molar-refractivity contribution < 1.29 is 19.7 Å². The molecule has 0 amide bonds. The molecule has 0 spiro atoms. The molecular weight excluding hydrogens is 364 g/mol. The molecule has 0 fully saturated rings. The molecule has 1 rings (SSSR count). The Hall–Kier alpha value is -1.55. The van der Waals surface area contributed by atoms with E-state index in [2.05, 4.69) is 6.92 Å². The molecule has 0 aliphatic carbocycles. The number of carbonyl (C=O) groups excluding carboxylic acids is 1. The number of carbonyl (C=O) groups is 1. The number of carboxylic acid groups (broad SMARTS) is 1. The first kappa shape index (κ1) is 25.5. The molecule has 0 radical (unpaired) electrons. The van der Waals surface area contributed by atoms with Crippen molar-refractivity contribution in [1.29, 1.82) is 0 Å². The molecule has 1 N–H and O–H groups in total. The van der Waals surface area contributed by atoms with E-state index >= 15 is 0 Å². The molecule has 0 aliphatic heterocycles. The number of carboxylic acids is 1. The Morgan fingerprint density at radius 3 is 2.03 bits per heavy atom. The smallest absolute Gasteiger partial charge is 0.119 e. The van der Waals surface area contributed by atoms with Gasteiger partial charge in [-0.05, 0) is 31.4 Å². The Morgan fingerprint density at radius 2 is 1.45 bits per heavy atom. The molecule has 0 bridgehead atoms. The van der Waals surface area contributed by atoms with Crippen LogP contribution in [0.15, 0.2) is 24.3 Å². The van der Waals surface area contributed by atoms with Gasteiger partial charge in [0.15, 0.2) is 0 Å². The van der Waals surface area contributed by atoms with E-state index in [9.17, 15) is 15.0 Å². The van der Waals surface area contributed by atoms with E-state index in [0.717, 1.165) is 32.1 Å². The molecule has 1 aromatic rings. The van der Waals surface area contributed by atoms with Crippen molar-refractivity contribution >= 4 is 5.97 Å². The van der Waals surface area contributed by atoms with Gasteiger partial charge in [0.25, 0.3) is 0 Å². The van der Waals surface area contributed by atoms with E-state index in [0.29, 0.717) is 12.4 Å². The summed E-state index contributed by atoms with van der Waals surface area (Å²) in [6.45, 7) is 2.84. The predicted molar refractivity (Wildman–Crippen MR) is 117 cm³/mol. The first-order valence-corrected chi connectivity index (χ1v) is 11.8. The molecule has 4 nitrogen and oxygen atoms in total. The highest BCUT2D eigenvalue weighted by Gasteiger charge is 2.03. The third-order valence-corrected chi connectivity index (χ3v) is 5.41. The first-order valence-electron chi connectivity index (χ1n) is 11.8. The summed E-state index contributed by atoms with van der Waals surface area (Å²) >= 11 is 0. The average Bonchev–Trinajstić information content (AvgIpc) is 2.72. The second-order valence-corrected chi connectivity index (χ2v) is 8.14. The van der Waals surface area contributed by atoms with Crippen molar-refractivity contribution in [3.05, 3.63) is 29.8 Å². The molecule has 0 aromatic heterocycles. The lowest BCUT2D eigenvalue weighted by Crippen LogP contribution is -2.22. The van der Waals surface area contributed by atoms with Crippen LogP contribution in [0.2, 0.25) is 0 Å². The summed E-state index contributed by atoms with van der Waals surface area (Å²) in [7, 11) is 0. The number of hydrogen-bond acceptors (Lipinski definition) is 4. The van der Waals surface area contributed by atoms with Crippen molar-refractivity contribution in [3.63, 3.8) is 0 Å². The molecule has 1 aromatic carbocycles. The van der Waals surface area contributed by atoms with Crippen molar-refractivity contribution in [1.82, 2.24) is 0 Å². The fourth-order valence-corrected chi connectivity index (χ4v) is 3.57. The van der Waals surface area contributed by atoms with Gasteiger partial charge in [-0.25, -0.2) is 0 Å². The van der Waals surface area contributed by atoms with Crippen LogP contribution in [0.3, 0.4) is 0 Å². The molecule has 1 unspecified atom stereocenters. The van der Waals surface area contributed by atoms with Crippen molar-refractivity contribution in [2.45, 2.75) is 109 Å². The average molecular weight is 406 g/mol. The van der Waals surface area contributed by atoms with Crippen molar-refractivity contribution in [3.8, 4) is 5.75 Å². The van der Waals surface area contributed by atoms with Gasteiger partial charge in [-0.15, -0.1) is 0 Å². The van der Waals surface area contributed by atoms with Gasteiger partial charge in [0.2, 0.25) is 0 Å². The number of unbranched alkanes of at least 4 members (excludes halogenated alkanes) is 11.